The van der Waals surface area contributed by atoms with Crippen LogP contribution in [0.15, 0.2) is 30.6 Å². The van der Waals surface area contributed by atoms with E-state index in [9.17, 15) is 4.79 Å². The van der Waals surface area contributed by atoms with Crippen LogP contribution in [0.3, 0.4) is 0 Å². The number of amides is 1. The molecule has 0 radical (unpaired) electrons. The highest BCUT2D eigenvalue weighted by Crippen LogP contribution is 2.28. The second-order valence-corrected chi connectivity index (χ2v) is 4.72. The first-order valence-corrected chi connectivity index (χ1v) is 6.68. The van der Waals surface area contributed by atoms with E-state index >= 15 is 0 Å². The molecular formula is C13H16N6O. The molecule has 0 atom stereocenters. The van der Waals surface area contributed by atoms with Gasteiger partial charge in [-0.3, -0.25) is 4.79 Å². The molecule has 0 spiro atoms. The molecule has 0 aliphatic heterocycles. The van der Waals surface area contributed by atoms with Gasteiger partial charge in [-0.1, -0.05) is 0 Å². The highest BCUT2D eigenvalue weighted by molar-refractivity contribution is 5.80. The Bertz CT molecular complexity index is 561. The van der Waals surface area contributed by atoms with Crippen molar-refractivity contribution in [1.82, 2.24) is 25.3 Å². The van der Waals surface area contributed by atoms with Crippen LogP contribution in [-0.4, -0.2) is 39.0 Å². The Morgan fingerprint density at radius 2 is 2.20 bits per heavy atom. The fourth-order valence-electron chi connectivity index (χ4n) is 1.81. The summed E-state index contributed by atoms with van der Waals surface area (Å²) in [6.45, 7) is 1.23. The Balaban J connectivity index is 1.45. The van der Waals surface area contributed by atoms with Crippen LogP contribution in [0.2, 0.25) is 0 Å². The molecular weight excluding hydrogens is 256 g/mol. The zero-order valence-electron chi connectivity index (χ0n) is 11.0. The molecule has 1 aliphatic rings. The number of nitrogens with one attached hydrogen (secondary N) is 2. The number of nitrogens with zero attached hydrogens (tertiary/aromatic N) is 4. The van der Waals surface area contributed by atoms with Crippen molar-refractivity contribution in [3.8, 4) is 5.82 Å². The van der Waals surface area contributed by atoms with Gasteiger partial charge in [-0.15, -0.1) is 10.2 Å². The summed E-state index contributed by atoms with van der Waals surface area (Å²) < 4.78 is 1.65. The normalized spacial score (nSPS) is 14.0. The molecule has 0 bridgehead atoms. The summed E-state index contributed by atoms with van der Waals surface area (Å²) in [4.78, 5) is 11.4. The fourth-order valence-corrected chi connectivity index (χ4v) is 1.81. The number of hydrogen-bond acceptors (Lipinski definition) is 5. The van der Waals surface area contributed by atoms with Crippen molar-refractivity contribution in [2.24, 2.45) is 5.92 Å². The predicted molar refractivity (Wildman–Crippen MR) is 73.4 cm³/mol. The third-order valence-corrected chi connectivity index (χ3v) is 3.07. The standard InChI is InChI=1S/C13H16N6O/c20-13(10-2-3-10)15-8-7-14-11-4-5-12(18-17-11)19-9-1-6-16-19/h1,4-6,9-10H,2-3,7-8H2,(H,14,17)(H,15,20). The molecule has 1 fully saturated rings. The van der Waals surface area contributed by atoms with Crippen LogP contribution in [0.4, 0.5) is 5.82 Å². The fraction of sp³-hybridized carbons (Fsp3) is 0.385. The van der Waals surface area contributed by atoms with Gasteiger partial charge in [-0.25, -0.2) is 4.68 Å². The van der Waals surface area contributed by atoms with Crippen molar-refractivity contribution in [1.29, 1.82) is 0 Å². The van der Waals surface area contributed by atoms with E-state index in [1.165, 1.54) is 0 Å². The van der Waals surface area contributed by atoms with Gasteiger partial charge in [-0.05, 0) is 31.0 Å². The van der Waals surface area contributed by atoms with E-state index < -0.39 is 0 Å². The number of anilines is 1. The number of hydrogen-bond donors (Lipinski definition) is 2. The van der Waals surface area contributed by atoms with Gasteiger partial charge >= 0.3 is 0 Å². The Morgan fingerprint density at radius 1 is 1.30 bits per heavy atom. The topological polar surface area (TPSA) is 84.7 Å². The molecule has 1 amide bonds. The van der Waals surface area contributed by atoms with E-state index in [-0.39, 0.29) is 11.8 Å². The van der Waals surface area contributed by atoms with Gasteiger partial charge in [-0.2, -0.15) is 5.10 Å². The lowest BCUT2D eigenvalue weighted by atomic mass is 10.4. The molecule has 3 rings (SSSR count). The number of aromatic nitrogens is 4. The minimum Gasteiger partial charge on any atom is -0.367 e. The van der Waals surface area contributed by atoms with E-state index in [0.717, 1.165) is 12.8 Å². The molecule has 0 aromatic carbocycles. The van der Waals surface area contributed by atoms with Crippen molar-refractivity contribution < 1.29 is 4.79 Å². The molecule has 0 saturated heterocycles. The van der Waals surface area contributed by atoms with Crippen molar-refractivity contribution in [2.75, 3.05) is 18.4 Å². The summed E-state index contributed by atoms with van der Waals surface area (Å²) in [6, 6.07) is 5.51. The molecule has 7 heteroatoms. The van der Waals surface area contributed by atoms with Crippen molar-refractivity contribution in [3.05, 3.63) is 30.6 Å². The first kappa shape index (κ1) is 12.6. The molecule has 2 N–H and O–H groups in total. The largest absolute Gasteiger partial charge is 0.367 e. The van der Waals surface area contributed by atoms with Crippen molar-refractivity contribution in [3.63, 3.8) is 0 Å². The highest BCUT2D eigenvalue weighted by Gasteiger charge is 2.28. The Morgan fingerprint density at radius 3 is 2.85 bits per heavy atom. The summed E-state index contributed by atoms with van der Waals surface area (Å²) in [5.41, 5.74) is 0. The molecule has 104 valence electrons. The number of carbonyl (C=O) groups excluding carboxylic acids is 1. The van der Waals surface area contributed by atoms with E-state index in [1.807, 2.05) is 24.4 Å². The minimum absolute atomic E-state index is 0.159. The first-order chi connectivity index (χ1) is 9.83. The second kappa shape index (κ2) is 5.68. The van der Waals surface area contributed by atoms with Gasteiger partial charge in [0.2, 0.25) is 5.91 Å². The van der Waals surface area contributed by atoms with Crippen LogP contribution in [-0.2, 0) is 4.79 Å². The molecule has 1 aliphatic carbocycles. The zero-order valence-corrected chi connectivity index (χ0v) is 11.0. The number of carbonyl (C=O) groups is 1. The SMILES string of the molecule is O=C(NCCNc1ccc(-n2cccn2)nn1)C1CC1. The predicted octanol–water partition coefficient (Wildman–Crippen LogP) is 0.600. The quantitative estimate of drug-likeness (QED) is 0.752. The summed E-state index contributed by atoms with van der Waals surface area (Å²) in [5.74, 6) is 1.76. The average Bonchev–Trinajstić information content (AvgIpc) is 3.19. The Kier molecular flexibility index (Phi) is 3.58. The monoisotopic (exact) mass is 272 g/mol. The number of rotatable bonds is 6. The van der Waals surface area contributed by atoms with E-state index in [4.69, 9.17) is 0 Å². The van der Waals surface area contributed by atoms with Gasteiger partial charge in [0.05, 0.1) is 0 Å². The van der Waals surface area contributed by atoms with Crippen LogP contribution >= 0.6 is 0 Å². The molecule has 7 nitrogen and oxygen atoms in total. The highest BCUT2D eigenvalue weighted by atomic mass is 16.2. The molecule has 2 aromatic rings. The van der Waals surface area contributed by atoms with E-state index in [2.05, 4.69) is 25.9 Å². The van der Waals surface area contributed by atoms with Crippen LogP contribution in [0.5, 0.6) is 0 Å². The maximum absolute atomic E-state index is 11.4. The summed E-state index contributed by atoms with van der Waals surface area (Å²) >= 11 is 0. The van der Waals surface area contributed by atoms with Gasteiger partial charge in [0.1, 0.15) is 5.82 Å². The third kappa shape index (κ3) is 3.11. The van der Waals surface area contributed by atoms with Gasteiger partial charge in [0.25, 0.3) is 0 Å². The maximum Gasteiger partial charge on any atom is 0.223 e. The lowest BCUT2D eigenvalue weighted by Gasteiger charge is -2.07. The third-order valence-electron chi connectivity index (χ3n) is 3.07. The smallest absolute Gasteiger partial charge is 0.223 e. The van der Waals surface area contributed by atoms with Crippen LogP contribution in [0, 0.1) is 5.92 Å². The minimum atomic E-state index is 0.159. The Hall–Kier alpha value is -2.44. The summed E-state index contributed by atoms with van der Waals surface area (Å²) in [5, 5.41) is 18.2. The lowest BCUT2D eigenvalue weighted by molar-refractivity contribution is -0.122. The first-order valence-electron chi connectivity index (χ1n) is 6.68. The van der Waals surface area contributed by atoms with Gasteiger partial charge in [0, 0.05) is 31.4 Å². The van der Waals surface area contributed by atoms with Crippen LogP contribution < -0.4 is 10.6 Å². The van der Waals surface area contributed by atoms with E-state index in [1.54, 1.807) is 10.9 Å². The average molecular weight is 272 g/mol. The van der Waals surface area contributed by atoms with Crippen LogP contribution in [0.25, 0.3) is 5.82 Å². The Labute approximate surface area is 116 Å². The van der Waals surface area contributed by atoms with Crippen LogP contribution in [0.1, 0.15) is 12.8 Å². The van der Waals surface area contributed by atoms with E-state index in [0.29, 0.717) is 24.7 Å². The molecule has 2 aromatic heterocycles. The lowest BCUT2D eigenvalue weighted by Crippen LogP contribution is -2.29. The second-order valence-electron chi connectivity index (χ2n) is 4.72. The molecule has 2 heterocycles. The van der Waals surface area contributed by atoms with Gasteiger partial charge < -0.3 is 10.6 Å². The van der Waals surface area contributed by atoms with Gasteiger partial charge in [0.15, 0.2) is 5.82 Å². The zero-order chi connectivity index (χ0) is 13.8. The molecule has 1 saturated carbocycles. The van der Waals surface area contributed by atoms with Crippen molar-refractivity contribution >= 4 is 11.7 Å². The maximum atomic E-state index is 11.4. The molecule has 20 heavy (non-hydrogen) atoms. The van der Waals surface area contributed by atoms with Crippen molar-refractivity contribution in [2.45, 2.75) is 12.8 Å². The summed E-state index contributed by atoms with van der Waals surface area (Å²) in [6.07, 6.45) is 5.56. The molecule has 0 unspecified atom stereocenters. The summed E-state index contributed by atoms with van der Waals surface area (Å²) in [7, 11) is 0.